The minimum absolute atomic E-state index is 0.126. The Balaban J connectivity index is 1.69. The zero-order valence-corrected chi connectivity index (χ0v) is 17.3. The maximum atomic E-state index is 12.2. The van der Waals surface area contributed by atoms with Crippen molar-refractivity contribution in [2.24, 2.45) is 0 Å². The van der Waals surface area contributed by atoms with Gasteiger partial charge in [-0.05, 0) is 42.8 Å². The van der Waals surface area contributed by atoms with E-state index in [1.54, 1.807) is 31.3 Å². The van der Waals surface area contributed by atoms with Crippen LogP contribution >= 0.6 is 35.6 Å². The van der Waals surface area contributed by atoms with E-state index in [4.69, 9.17) is 33.3 Å². The first-order chi connectivity index (χ1) is 13.0. The van der Waals surface area contributed by atoms with Crippen LogP contribution < -0.4 is 9.47 Å². The van der Waals surface area contributed by atoms with Crippen molar-refractivity contribution in [3.8, 4) is 11.5 Å². The molecule has 4 nitrogen and oxygen atoms in total. The van der Waals surface area contributed by atoms with Gasteiger partial charge in [-0.25, -0.2) is 0 Å². The molecular formula is C20H18ClNO3S2. The fourth-order valence-electron chi connectivity index (χ4n) is 2.47. The van der Waals surface area contributed by atoms with Crippen molar-refractivity contribution in [2.75, 3.05) is 20.3 Å². The molecule has 0 unspecified atom stereocenters. The van der Waals surface area contributed by atoms with Crippen molar-refractivity contribution in [3.63, 3.8) is 0 Å². The van der Waals surface area contributed by atoms with Gasteiger partial charge >= 0.3 is 0 Å². The summed E-state index contributed by atoms with van der Waals surface area (Å²) < 4.78 is 12.1. The number of carbonyl (C=O) groups excluding carboxylic acids is 1. The van der Waals surface area contributed by atoms with Crippen molar-refractivity contribution in [3.05, 3.63) is 63.5 Å². The van der Waals surface area contributed by atoms with E-state index in [1.807, 2.05) is 31.2 Å². The van der Waals surface area contributed by atoms with Crippen LogP contribution in [-0.4, -0.2) is 35.4 Å². The Morgan fingerprint density at radius 1 is 1.15 bits per heavy atom. The number of amides is 1. The molecule has 27 heavy (non-hydrogen) atoms. The number of halogens is 1. The van der Waals surface area contributed by atoms with Gasteiger partial charge in [-0.2, -0.15) is 0 Å². The second kappa shape index (κ2) is 8.78. The molecule has 0 bridgehead atoms. The molecule has 0 saturated carbocycles. The number of ether oxygens (including phenoxy) is 2. The van der Waals surface area contributed by atoms with E-state index in [1.165, 1.54) is 16.7 Å². The molecule has 0 radical (unpaired) electrons. The third-order valence-corrected chi connectivity index (χ3v) is 5.66. The Labute approximate surface area is 173 Å². The van der Waals surface area contributed by atoms with Crippen molar-refractivity contribution < 1.29 is 14.3 Å². The number of hydrogen-bond acceptors (Lipinski definition) is 5. The number of nitrogens with zero attached hydrogens (tertiary/aromatic N) is 1. The fraction of sp³-hybridized carbons (Fsp3) is 0.200. The molecule has 1 saturated heterocycles. The SMILES string of the molecule is Cc1ccccc1OCCOc1ccc(Cl)cc1/C=C1/SC(=S)N(C)C1=O. The van der Waals surface area contributed by atoms with Crippen molar-refractivity contribution in [1.82, 2.24) is 4.90 Å². The van der Waals surface area contributed by atoms with Crippen LogP contribution in [0.1, 0.15) is 11.1 Å². The first kappa shape index (κ1) is 19.7. The van der Waals surface area contributed by atoms with Gasteiger partial charge in [0.25, 0.3) is 5.91 Å². The second-order valence-electron chi connectivity index (χ2n) is 5.89. The van der Waals surface area contributed by atoms with Gasteiger partial charge in [0, 0.05) is 17.6 Å². The number of thiocarbonyl (C=S) groups is 1. The summed E-state index contributed by atoms with van der Waals surface area (Å²) in [4.78, 5) is 14.2. The molecule has 1 heterocycles. The zero-order chi connectivity index (χ0) is 19.4. The summed E-state index contributed by atoms with van der Waals surface area (Å²) in [5.41, 5.74) is 1.80. The van der Waals surface area contributed by atoms with Crippen LogP contribution in [0.25, 0.3) is 6.08 Å². The van der Waals surface area contributed by atoms with Crippen molar-refractivity contribution >= 4 is 51.9 Å². The van der Waals surface area contributed by atoms with Crippen LogP contribution in [0.2, 0.25) is 5.02 Å². The predicted molar refractivity (Wildman–Crippen MR) is 115 cm³/mol. The third kappa shape index (κ3) is 4.83. The van der Waals surface area contributed by atoms with Gasteiger partial charge in [0.1, 0.15) is 29.0 Å². The fourth-order valence-corrected chi connectivity index (χ4v) is 3.82. The molecule has 7 heteroatoms. The molecule has 0 aromatic heterocycles. The van der Waals surface area contributed by atoms with E-state index < -0.39 is 0 Å². The summed E-state index contributed by atoms with van der Waals surface area (Å²) in [7, 11) is 1.66. The Hall–Kier alpha value is -2.02. The van der Waals surface area contributed by atoms with Crippen molar-refractivity contribution in [1.29, 1.82) is 0 Å². The highest BCUT2D eigenvalue weighted by atomic mass is 35.5. The first-order valence-corrected chi connectivity index (χ1v) is 9.88. The normalized spacial score (nSPS) is 15.5. The highest BCUT2D eigenvalue weighted by Gasteiger charge is 2.29. The number of rotatable bonds is 6. The molecule has 1 aliphatic rings. The molecule has 1 amide bonds. The van der Waals surface area contributed by atoms with Crippen LogP contribution in [0.3, 0.4) is 0 Å². The van der Waals surface area contributed by atoms with Gasteiger partial charge in [-0.1, -0.05) is 53.8 Å². The van der Waals surface area contributed by atoms with Crippen LogP contribution in [0.5, 0.6) is 11.5 Å². The lowest BCUT2D eigenvalue weighted by molar-refractivity contribution is -0.121. The third-order valence-electron chi connectivity index (χ3n) is 3.94. The van der Waals surface area contributed by atoms with E-state index in [0.29, 0.717) is 33.2 Å². The second-order valence-corrected chi connectivity index (χ2v) is 8.00. The number of thioether (sulfide) groups is 1. The standard InChI is InChI=1S/C20H18ClNO3S2/c1-13-5-3-4-6-16(13)24-9-10-25-17-8-7-15(21)11-14(17)12-18-19(23)22(2)20(26)27-18/h3-8,11-12H,9-10H2,1-2H3/b18-12+. The Kier molecular flexibility index (Phi) is 6.42. The summed E-state index contributed by atoms with van der Waals surface area (Å²) in [5.74, 6) is 1.34. The highest BCUT2D eigenvalue weighted by Crippen LogP contribution is 2.34. The lowest BCUT2D eigenvalue weighted by Gasteiger charge is -2.12. The molecule has 0 spiro atoms. The minimum Gasteiger partial charge on any atom is -0.490 e. The minimum atomic E-state index is -0.126. The zero-order valence-electron chi connectivity index (χ0n) is 14.9. The topological polar surface area (TPSA) is 38.8 Å². The average Bonchev–Trinajstić information content (AvgIpc) is 2.88. The molecule has 3 rings (SSSR count). The number of benzene rings is 2. The van der Waals surface area contributed by atoms with E-state index in [2.05, 4.69) is 0 Å². The Morgan fingerprint density at radius 2 is 1.85 bits per heavy atom. The summed E-state index contributed by atoms with van der Waals surface area (Å²) in [5, 5.41) is 0.566. The van der Waals surface area contributed by atoms with Gasteiger partial charge in [-0.15, -0.1) is 0 Å². The summed E-state index contributed by atoms with van der Waals surface area (Å²) in [6.07, 6.45) is 1.76. The van der Waals surface area contributed by atoms with Gasteiger partial charge in [0.05, 0.1) is 4.91 Å². The van der Waals surface area contributed by atoms with E-state index in [-0.39, 0.29) is 5.91 Å². The molecule has 2 aromatic rings. The van der Waals surface area contributed by atoms with E-state index in [9.17, 15) is 4.79 Å². The summed E-state index contributed by atoms with van der Waals surface area (Å²) in [6, 6.07) is 13.1. The maximum absolute atomic E-state index is 12.2. The molecule has 0 N–H and O–H groups in total. The lowest BCUT2D eigenvalue weighted by Crippen LogP contribution is -2.22. The molecule has 2 aromatic carbocycles. The number of carbonyl (C=O) groups is 1. The number of likely N-dealkylation sites (N-methyl/N-ethyl adjacent to an activating group) is 1. The molecule has 1 fully saturated rings. The van der Waals surface area contributed by atoms with Gasteiger partial charge in [0.15, 0.2) is 0 Å². The van der Waals surface area contributed by atoms with Gasteiger partial charge in [0.2, 0.25) is 0 Å². The van der Waals surface area contributed by atoms with Gasteiger partial charge < -0.3 is 9.47 Å². The summed E-state index contributed by atoms with van der Waals surface area (Å²) >= 11 is 12.5. The quantitative estimate of drug-likeness (QED) is 0.377. The average molecular weight is 420 g/mol. The first-order valence-electron chi connectivity index (χ1n) is 8.28. The Morgan fingerprint density at radius 3 is 2.52 bits per heavy atom. The molecule has 0 aliphatic carbocycles. The molecular weight excluding hydrogens is 402 g/mol. The van der Waals surface area contributed by atoms with E-state index >= 15 is 0 Å². The predicted octanol–water partition coefficient (Wildman–Crippen LogP) is 4.94. The van der Waals surface area contributed by atoms with Gasteiger partial charge in [-0.3, -0.25) is 9.69 Å². The van der Waals surface area contributed by atoms with E-state index in [0.717, 1.165) is 16.9 Å². The van der Waals surface area contributed by atoms with Crippen LogP contribution in [-0.2, 0) is 4.79 Å². The molecule has 1 aliphatic heterocycles. The maximum Gasteiger partial charge on any atom is 0.265 e. The number of hydrogen-bond donors (Lipinski definition) is 0. The van der Waals surface area contributed by atoms with Crippen LogP contribution in [0.15, 0.2) is 47.4 Å². The lowest BCUT2D eigenvalue weighted by atomic mass is 10.2. The summed E-state index contributed by atoms with van der Waals surface area (Å²) in [6.45, 7) is 2.77. The number of aryl methyl sites for hydroxylation is 1. The smallest absolute Gasteiger partial charge is 0.265 e. The number of para-hydroxylation sites is 1. The van der Waals surface area contributed by atoms with Crippen LogP contribution in [0.4, 0.5) is 0 Å². The Bertz CT molecular complexity index is 914. The largest absolute Gasteiger partial charge is 0.490 e. The highest BCUT2D eigenvalue weighted by molar-refractivity contribution is 8.26. The van der Waals surface area contributed by atoms with Crippen molar-refractivity contribution in [2.45, 2.75) is 6.92 Å². The molecule has 140 valence electrons. The van der Waals surface area contributed by atoms with Crippen LogP contribution in [0, 0.1) is 6.92 Å². The molecule has 0 atom stereocenters. The monoisotopic (exact) mass is 419 g/mol.